The molecule has 0 saturated carbocycles. The number of amides is 1. The molecule has 0 N–H and O–H groups in total. The second kappa shape index (κ2) is 7.14. The minimum atomic E-state index is -0.444. The van der Waals surface area contributed by atoms with Gasteiger partial charge >= 0.3 is 0 Å². The third-order valence-corrected chi connectivity index (χ3v) is 5.44. The van der Waals surface area contributed by atoms with Crippen LogP contribution < -0.4 is 4.90 Å². The molecule has 0 aliphatic heterocycles. The molecular weight excluding hydrogens is 338 g/mol. The summed E-state index contributed by atoms with van der Waals surface area (Å²) in [6.07, 6.45) is 5.92. The van der Waals surface area contributed by atoms with E-state index in [1.807, 2.05) is 0 Å². The first-order chi connectivity index (χ1) is 12.0. The highest BCUT2D eigenvalue weighted by Crippen LogP contribution is 2.32. The first-order valence-electron chi connectivity index (χ1n) is 8.17. The Morgan fingerprint density at radius 2 is 2.20 bits per heavy atom. The maximum absolute atomic E-state index is 13.0. The van der Waals surface area contributed by atoms with Crippen molar-refractivity contribution in [1.29, 1.82) is 0 Å². The smallest absolute Gasteiger partial charge is 0.272 e. The second-order valence-corrected chi connectivity index (χ2v) is 7.10. The van der Waals surface area contributed by atoms with E-state index in [1.54, 1.807) is 35.3 Å². The lowest BCUT2D eigenvalue weighted by atomic mass is 10.0. The Morgan fingerprint density at radius 3 is 2.84 bits per heavy atom. The number of anilines is 1. The van der Waals surface area contributed by atoms with E-state index in [0.717, 1.165) is 31.4 Å². The Balaban J connectivity index is 1.93. The van der Waals surface area contributed by atoms with Crippen molar-refractivity contribution in [2.24, 2.45) is 0 Å². The zero-order valence-corrected chi connectivity index (χ0v) is 14.8. The molecule has 0 radical (unpaired) electrons. The second-order valence-electron chi connectivity index (χ2n) is 6.04. The fourth-order valence-electron chi connectivity index (χ4n) is 2.98. The minimum absolute atomic E-state index is 0.0107. The van der Waals surface area contributed by atoms with E-state index >= 15 is 0 Å². The Morgan fingerprint density at radius 1 is 1.44 bits per heavy atom. The number of nitro benzene ring substituents is 1. The molecule has 0 fully saturated rings. The molecular formula is C18H19N3O3S. The lowest BCUT2D eigenvalue weighted by Crippen LogP contribution is -2.31. The number of hydrogen-bond acceptors (Lipinski definition) is 5. The largest absolute Gasteiger partial charge is 0.280 e. The van der Waals surface area contributed by atoms with Crippen molar-refractivity contribution in [2.45, 2.75) is 32.6 Å². The lowest BCUT2D eigenvalue weighted by Gasteiger charge is -2.18. The van der Waals surface area contributed by atoms with E-state index in [0.29, 0.717) is 22.8 Å². The fourth-order valence-corrected chi connectivity index (χ4v) is 4.14. The molecule has 1 aromatic carbocycles. The standard InChI is InChI=1S/C18H19N3O3S/c1-3-10-20(18-19-14-6-4-5-7-16(14)25-18)17(22)13-8-9-15(21(23)24)12(2)11-13/h3,8-9,11H,1,4-7,10H2,2H3. The Labute approximate surface area is 150 Å². The number of nitrogens with zero attached hydrogens (tertiary/aromatic N) is 3. The van der Waals surface area contributed by atoms with Crippen LogP contribution in [0.3, 0.4) is 0 Å². The number of aromatic nitrogens is 1. The van der Waals surface area contributed by atoms with Crippen LogP contribution >= 0.6 is 11.3 Å². The van der Waals surface area contributed by atoms with E-state index in [1.165, 1.54) is 17.0 Å². The van der Waals surface area contributed by atoms with Crippen LogP contribution in [0.15, 0.2) is 30.9 Å². The van der Waals surface area contributed by atoms with E-state index in [4.69, 9.17) is 0 Å². The van der Waals surface area contributed by atoms with E-state index in [-0.39, 0.29) is 11.6 Å². The molecule has 0 atom stereocenters. The van der Waals surface area contributed by atoms with Crippen molar-refractivity contribution in [3.8, 4) is 0 Å². The molecule has 1 heterocycles. The molecule has 1 aliphatic carbocycles. The monoisotopic (exact) mass is 357 g/mol. The lowest BCUT2D eigenvalue weighted by molar-refractivity contribution is -0.385. The van der Waals surface area contributed by atoms with Crippen LogP contribution in [0.1, 0.15) is 39.3 Å². The van der Waals surface area contributed by atoms with Crippen LogP contribution in [0.5, 0.6) is 0 Å². The number of hydrogen-bond donors (Lipinski definition) is 0. The van der Waals surface area contributed by atoms with Crippen molar-refractivity contribution in [1.82, 2.24) is 4.98 Å². The van der Waals surface area contributed by atoms with E-state index in [2.05, 4.69) is 11.6 Å². The highest BCUT2D eigenvalue weighted by Gasteiger charge is 2.24. The van der Waals surface area contributed by atoms with Crippen LogP contribution in [0.4, 0.5) is 10.8 Å². The average Bonchev–Trinajstić information content (AvgIpc) is 3.02. The van der Waals surface area contributed by atoms with Crippen LogP contribution in [-0.4, -0.2) is 22.4 Å². The van der Waals surface area contributed by atoms with Crippen molar-refractivity contribution in [2.75, 3.05) is 11.4 Å². The minimum Gasteiger partial charge on any atom is -0.280 e. The van der Waals surface area contributed by atoms with Crippen LogP contribution in [-0.2, 0) is 12.8 Å². The molecule has 130 valence electrons. The molecule has 0 unspecified atom stereocenters. The quantitative estimate of drug-likeness (QED) is 0.459. The van der Waals surface area contributed by atoms with Gasteiger partial charge in [-0.05, 0) is 44.7 Å². The Kier molecular flexibility index (Phi) is 4.94. The molecule has 1 amide bonds. The predicted molar refractivity (Wildman–Crippen MR) is 98.5 cm³/mol. The third-order valence-electron chi connectivity index (χ3n) is 4.26. The predicted octanol–water partition coefficient (Wildman–Crippen LogP) is 4.07. The van der Waals surface area contributed by atoms with Gasteiger partial charge in [0.1, 0.15) is 0 Å². The summed E-state index contributed by atoms with van der Waals surface area (Å²) in [6.45, 7) is 5.71. The molecule has 25 heavy (non-hydrogen) atoms. The molecule has 6 nitrogen and oxygen atoms in total. The summed E-state index contributed by atoms with van der Waals surface area (Å²) in [4.78, 5) is 31.0. The number of carbonyl (C=O) groups is 1. The topological polar surface area (TPSA) is 76.3 Å². The fraction of sp³-hybridized carbons (Fsp3) is 0.333. The van der Waals surface area contributed by atoms with Gasteiger partial charge in [0, 0.05) is 28.6 Å². The molecule has 7 heteroatoms. The van der Waals surface area contributed by atoms with Crippen molar-refractivity contribution in [3.63, 3.8) is 0 Å². The SMILES string of the molecule is C=CCN(C(=O)c1ccc([N+](=O)[O-])c(C)c1)c1nc2c(s1)CCCC2. The summed E-state index contributed by atoms with van der Waals surface area (Å²) in [5, 5.41) is 11.6. The van der Waals surface area contributed by atoms with Crippen LogP contribution in [0, 0.1) is 17.0 Å². The third kappa shape index (κ3) is 3.46. The summed E-state index contributed by atoms with van der Waals surface area (Å²) in [5.74, 6) is -0.219. The number of rotatable bonds is 5. The molecule has 0 bridgehead atoms. The van der Waals surface area contributed by atoms with Crippen LogP contribution in [0.25, 0.3) is 0 Å². The van der Waals surface area contributed by atoms with Gasteiger partial charge in [-0.1, -0.05) is 6.08 Å². The highest BCUT2D eigenvalue weighted by atomic mass is 32.1. The van der Waals surface area contributed by atoms with E-state index in [9.17, 15) is 14.9 Å². The average molecular weight is 357 g/mol. The molecule has 2 aromatic rings. The summed E-state index contributed by atoms with van der Waals surface area (Å²) in [6, 6.07) is 4.43. The number of nitro groups is 1. The zero-order valence-electron chi connectivity index (χ0n) is 14.0. The van der Waals surface area contributed by atoms with Crippen molar-refractivity contribution < 1.29 is 9.72 Å². The Bertz CT molecular complexity index is 821. The summed E-state index contributed by atoms with van der Waals surface area (Å²) in [7, 11) is 0. The van der Waals surface area contributed by atoms with Gasteiger partial charge in [0.2, 0.25) is 0 Å². The zero-order chi connectivity index (χ0) is 18.0. The first kappa shape index (κ1) is 17.3. The number of aryl methyl sites for hydroxylation is 3. The number of thiazole rings is 1. The molecule has 3 rings (SSSR count). The van der Waals surface area contributed by atoms with Gasteiger partial charge in [-0.3, -0.25) is 19.8 Å². The van der Waals surface area contributed by atoms with Gasteiger partial charge in [-0.25, -0.2) is 4.98 Å². The molecule has 1 aliphatic rings. The van der Waals surface area contributed by atoms with Gasteiger partial charge in [-0.15, -0.1) is 17.9 Å². The van der Waals surface area contributed by atoms with Gasteiger partial charge in [0.15, 0.2) is 5.13 Å². The van der Waals surface area contributed by atoms with Gasteiger partial charge in [0.25, 0.3) is 11.6 Å². The van der Waals surface area contributed by atoms with Gasteiger partial charge in [-0.2, -0.15) is 0 Å². The molecule has 0 spiro atoms. The van der Waals surface area contributed by atoms with E-state index < -0.39 is 4.92 Å². The van der Waals surface area contributed by atoms with Crippen molar-refractivity contribution in [3.05, 3.63) is 62.7 Å². The number of carbonyl (C=O) groups excluding carboxylic acids is 1. The maximum Gasteiger partial charge on any atom is 0.272 e. The molecule has 1 aromatic heterocycles. The highest BCUT2D eigenvalue weighted by molar-refractivity contribution is 7.16. The molecule has 0 saturated heterocycles. The summed E-state index contributed by atoms with van der Waals surface area (Å²) >= 11 is 1.56. The summed E-state index contributed by atoms with van der Waals surface area (Å²) in [5.41, 5.74) is 1.98. The Hall–Kier alpha value is -2.54. The first-order valence-corrected chi connectivity index (χ1v) is 8.99. The van der Waals surface area contributed by atoms with Crippen LogP contribution in [0.2, 0.25) is 0 Å². The maximum atomic E-state index is 13.0. The van der Waals surface area contributed by atoms with Gasteiger partial charge in [0.05, 0.1) is 10.6 Å². The normalized spacial score (nSPS) is 13.2. The summed E-state index contributed by atoms with van der Waals surface area (Å²) < 4.78 is 0. The number of fused-ring (bicyclic) bond motifs is 1. The number of benzene rings is 1. The van der Waals surface area contributed by atoms with Crippen molar-refractivity contribution >= 4 is 28.1 Å². The van der Waals surface area contributed by atoms with Gasteiger partial charge < -0.3 is 0 Å².